The number of anilines is 1. The van der Waals surface area contributed by atoms with Crippen LogP contribution >= 0.6 is 0 Å². The van der Waals surface area contributed by atoms with Crippen LogP contribution in [0.5, 0.6) is 0 Å². The van der Waals surface area contributed by atoms with Gasteiger partial charge in [-0.05, 0) is 37.9 Å². The number of fused-ring (bicyclic) bond motifs is 5. The molecule has 4 aromatic carbocycles. The summed E-state index contributed by atoms with van der Waals surface area (Å²) in [4.78, 5) is 0. The molecule has 23 heavy (non-hydrogen) atoms. The van der Waals surface area contributed by atoms with Crippen LogP contribution in [0.4, 0.5) is 5.69 Å². The van der Waals surface area contributed by atoms with Crippen LogP contribution < -0.4 is 5.73 Å². The molecule has 0 bridgehead atoms. The summed E-state index contributed by atoms with van der Waals surface area (Å²) in [6.07, 6.45) is 0. The van der Waals surface area contributed by atoms with Crippen LogP contribution in [0, 0.1) is 0 Å². The molecule has 0 saturated carbocycles. The van der Waals surface area contributed by atoms with Crippen molar-refractivity contribution in [3.63, 3.8) is 0 Å². The monoisotopic (exact) mass is 299 g/mol. The van der Waals surface area contributed by atoms with Gasteiger partial charge in [0.25, 0.3) is 0 Å². The molecule has 0 fully saturated rings. The van der Waals surface area contributed by atoms with E-state index < -0.39 is 0 Å². The van der Waals surface area contributed by atoms with E-state index in [1.54, 1.807) is 0 Å². The molecule has 0 amide bonds. The van der Waals surface area contributed by atoms with Crippen molar-refractivity contribution in [3.05, 3.63) is 66.2 Å². The summed E-state index contributed by atoms with van der Waals surface area (Å²) >= 11 is 0. The Morgan fingerprint density at radius 2 is 1.26 bits per heavy atom. The fourth-order valence-electron chi connectivity index (χ4n) is 3.80. The highest BCUT2D eigenvalue weighted by Crippen LogP contribution is 2.43. The van der Waals surface area contributed by atoms with E-state index in [-0.39, 0.29) is 5.41 Å². The minimum Gasteiger partial charge on any atom is -0.398 e. The van der Waals surface area contributed by atoms with Gasteiger partial charge in [0.1, 0.15) is 0 Å². The molecule has 0 heterocycles. The van der Waals surface area contributed by atoms with Crippen LogP contribution in [0.25, 0.3) is 32.3 Å². The second-order valence-electron chi connectivity index (χ2n) is 7.29. The minimum absolute atomic E-state index is 0.00514. The first-order valence-corrected chi connectivity index (χ1v) is 8.10. The Bertz CT molecular complexity index is 1050. The van der Waals surface area contributed by atoms with Crippen molar-refractivity contribution in [1.82, 2.24) is 0 Å². The summed E-state index contributed by atoms with van der Waals surface area (Å²) in [5.41, 5.74) is 8.90. The van der Waals surface area contributed by atoms with Crippen molar-refractivity contribution in [2.75, 3.05) is 5.73 Å². The van der Waals surface area contributed by atoms with Crippen LogP contribution in [-0.2, 0) is 5.41 Å². The minimum atomic E-state index is -0.00514. The Morgan fingerprint density at radius 3 is 1.96 bits per heavy atom. The molecular weight excluding hydrogens is 278 g/mol. The van der Waals surface area contributed by atoms with Gasteiger partial charge in [-0.1, -0.05) is 81.4 Å². The molecule has 2 N–H and O–H groups in total. The third kappa shape index (κ3) is 2.00. The highest BCUT2D eigenvalue weighted by Gasteiger charge is 2.23. The number of nitrogens with two attached hydrogens (primary N) is 1. The Balaban J connectivity index is 2.37. The third-order valence-corrected chi connectivity index (χ3v) is 4.70. The molecule has 0 radical (unpaired) electrons. The van der Waals surface area contributed by atoms with E-state index in [0.29, 0.717) is 0 Å². The zero-order chi connectivity index (χ0) is 16.2. The van der Waals surface area contributed by atoms with Gasteiger partial charge < -0.3 is 5.73 Å². The second-order valence-corrected chi connectivity index (χ2v) is 7.29. The average Bonchev–Trinajstić information content (AvgIpc) is 2.53. The topological polar surface area (TPSA) is 26.0 Å². The lowest BCUT2D eigenvalue weighted by molar-refractivity contribution is 0.599. The summed E-state index contributed by atoms with van der Waals surface area (Å²) in [5, 5.41) is 7.45. The third-order valence-electron chi connectivity index (χ3n) is 4.70. The van der Waals surface area contributed by atoms with Crippen molar-refractivity contribution < 1.29 is 0 Å². The van der Waals surface area contributed by atoms with E-state index in [9.17, 15) is 0 Å². The quantitative estimate of drug-likeness (QED) is 0.311. The maximum absolute atomic E-state index is 6.74. The molecule has 4 aromatic rings. The van der Waals surface area contributed by atoms with Crippen LogP contribution in [0.1, 0.15) is 26.3 Å². The van der Waals surface area contributed by atoms with Crippen LogP contribution in [0.3, 0.4) is 0 Å². The van der Waals surface area contributed by atoms with Crippen molar-refractivity contribution in [1.29, 1.82) is 0 Å². The van der Waals surface area contributed by atoms with E-state index in [1.807, 2.05) is 0 Å². The van der Waals surface area contributed by atoms with Crippen LogP contribution in [-0.4, -0.2) is 0 Å². The molecule has 1 nitrogen and oxygen atoms in total. The smallest absolute Gasteiger partial charge is 0.0444 e. The predicted molar refractivity (Wildman–Crippen MR) is 102 cm³/mol. The van der Waals surface area contributed by atoms with E-state index in [2.05, 4.69) is 81.4 Å². The summed E-state index contributed by atoms with van der Waals surface area (Å²) in [6.45, 7) is 6.71. The number of hydrogen-bond acceptors (Lipinski definition) is 1. The molecule has 0 unspecified atom stereocenters. The van der Waals surface area contributed by atoms with E-state index in [4.69, 9.17) is 5.73 Å². The summed E-state index contributed by atoms with van der Waals surface area (Å²) < 4.78 is 0. The van der Waals surface area contributed by atoms with Gasteiger partial charge in [-0.25, -0.2) is 0 Å². The number of hydrogen-bond donors (Lipinski definition) is 1. The van der Waals surface area contributed by atoms with Gasteiger partial charge in [-0.3, -0.25) is 0 Å². The first-order valence-electron chi connectivity index (χ1n) is 8.10. The van der Waals surface area contributed by atoms with Gasteiger partial charge in [-0.2, -0.15) is 0 Å². The van der Waals surface area contributed by atoms with E-state index in [0.717, 1.165) is 5.69 Å². The number of benzene rings is 4. The van der Waals surface area contributed by atoms with Gasteiger partial charge in [0.15, 0.2) is 0 Å². The zero-order valence-corrected chi connectivity index (χ0v) is 13.9. The first-order chi connectivity index (χ1) is 11.0. The standard InChI is InChI=1S/C22H21N/c1-22(2,3)20-18-11-7-6-10-16(18)17-13-12-14-8-4-5-9-15(14)19(17)21(20)23/h4-13H,23H2,1-3H3. The normalized spacial score (nSPS) is 12.3. The van der Waals surface area contributed by atoms with Crippen molar-refractivity contribution in [2.24, 2.45) is 0 Å². The summed E-state index contributed by atoms with van der Waals surface area (Å²) in [7, 11) is 0. The van der Waals surface area contributed by atoms with Gasteiger partial charge in [0.05, 0.1) is 0 Å². The second kappa shape index (κ2) is 4.73. The summed E-state index contributed by atoms with van der Waals surface area (Å²) in [6, 6.07) is 21.5. The molecule has 0 aliphatic rings. The maximum Gasteiger partial charge on any atom is 0.0444 e. The number of rotatable bonds is 0. The largest absolute Gasteiger partial charge is 0.398 e. The van der Waals surface area contributed by atoms with Gasteiger partial charge >= 0.3 is 0 Å². The maximum atomic E-state index is 6.74. The SMILES string of the molecule is CC(C)(C)c1c(N)c2c3ccccc3ccc2c2ccccc12. The molecule has 1 heteroatoms. The van der Waals surface area contributed by atoms with Crippen molar-refractivity contribution >= 4 is 38.0 Å². The predicted octanol–water partition coefficient (Wildman–Crippen LogP) is 6.03. The van der Waals surface area contributed by atoms with Gasteiger partial charge in [-0.15, -0.1) is 0 Å². The highest BCUT2D eigenvalue weighted by atomic mass is 14.6. The first kappa shape index (κ1) is 14.1. The Morgan fingerprint density at radius 1 is 0.652 bits per heavy atom. The van der Waals surface area contributed by atoms with Crippen molar-refractivity contribution in [2.45, 2.75) is 26.2 Å². The number of nitrogen functional groups attached to an aromatic ring is 1. The molecule has 0 atom stereocenters. The average molecular weight is 299 g/mol. The molecule has 0 aromatic heterocycles. The summed E-state index contributed by atoms with van der Waals surface area (Å²) in [5.74, 6) is 0. The van der Waals surface area contributed by atoms with Crippen molar-refractivity contribution in [3.8, 4) is 0 Å². The van der Waals surface area contributed by atoms with E-state index >= 15 is 0 Å². The lowest BCUT2D eigenvalue weighted by atomic mass is 9.80. The van der Waals surface area contributed by atoms with E-state index in [1.165, 1.54) is 37.9 Å². The molecule has 0 spiro atoms. The van der Waals surface area contributed by atoms with Crippen LogP contribution in [0.2, 0.25) is 0 Å². The fourth-order valence-corrected chi connectivity index (χ4v) is 3.80. The van der Waals surface area contributed by atoms with Crippen LogP contribution in [0.15, 0.2) is 60.7 Å². The highest BCUT2D eigenvalue weighted by molar-refractivity contribution is 6.23. The molecule has 0 aliphatic carbocycles. The molecule has 0 aliphatic heterocycles. The fraction of sp³-hybridized carbons (Fsp3) is 0.182. The lowest BCUT2D eigenvalue weighted by Crippen LogP contribution is -2.15. The Labute approximate surface area is 136 Å². The molecular formula is C22H21N. The van der Waals surface area contributed by atoms with Gasteiger partial charge in [0.2, 0.25) is 0 Å². The molecule has 0 saturated heterocycles. The van der Waals surface area contributed by atoms with Gasteiger partial charge in [0, 0.05) is 11.1 Å². The Hall–Kier alpha value is -2.54. The zero-order valence-electron chi connectivity index (χ0n) is 13.9. The molecule has 4 rings (SSSR count). The lowest BCUT2D eigenvalue weighted by Gasteiger charge is -2.26. The Kier molecular flexibility index (Phi) is 2.89. The molecule has 114 valence electrons.